The lowest BCUT2D eigenvalue weighted by molar-refractivity contribution is 0.102. The average Bonchev–Trinajstić information content (AvgIpc) is 3.59. The number of thiazole rings is 1. The summed E-state index contributed by atoms with van der Waals surface area (Å²) in [5, 5.41) is 6.09. The number of hydrogen-bond donors (Lipinski definition) is 1. The largest absolute Gasteiger partial charge is 0.320 e. The molecule has 0 atom stereocenters. The number of nitrogens with one attached hydrogen (secondary N) is 1. The first-order chi connectivity index (χ1) is 17.2. The molecule has 1 N–H and O–H groups in total. The normalized spacial score (nSPS) is 16.7. The number of carbonyl (C=O) groups excluding carboxylic acids is 1. The molecule has 1 aliphatic heterocycles. The first kappa shape index (κ1) is 23.5. The van der Waals surface area contributed by atoms with Gasteiger partial charge in [0.05, 0.1) is 5.01 Å². The molecular formula is C30H31N3OS. The summed E-state index contributed by atoms with van der Waals surface area (Å²) in [6, 6.07) is 16.3. The van der Waals surface area contributed by atoms with Crippen LogP contribution in [0.4, 0.5) is 5.69 Å². The standard InChI is InChI=1S/C30H31N3OS/c1-22-13-14-27(26(20-22)24-11-3-2-4-12-24)31-29(34)28-21-35-30(32-28)25-15-18-33(19-16-25)17-7-10-23-8-5-6-9-23/h2-8,10-14,20-21,25H,9,15-19H2,1H3,(H,31,34)/b10-7-. The Morgan fingerprint density at radius 3 is 2.77 bits per heavy atom. The van der Waals surface area contributed by atoms with Gasteiger partial charge in [0.2, 0.25) is 0 Å². The Labute approximate surface area is 211 Å². The van der Waals surface area contributed by atoms with E-state index in [1.54, 1.807) is 11.3 Å². The van der Waals surface area contributed by atoms with E-state index >= 15 is 0 Å². The number of allylic oxidation sites excluding steroid dienone is 5. The summed E-state index contributed by atoms with van der Waals surface area (Å²) in [5.74, 6) is 0.287. The molecular weight excluding hydrogens is 450 g/mol. The minimum Gasteiger partial charge on any atom is -0.320 e. The number of anilines is 1. The number of amides is 1. The van der Waals surface area contributed by atoms with Crippen molar-refractivity contribution in [3.8, 4) is 11.1 Å². The molecule has 2 aliphatic rings. The monoisotopic (exact) mass is 481 g/mol. The highest BCUT2D eigenvalue weighted by atomic mass is 32.1. The highest BCUT2D eigenvalue weighted by Crippen LogP contribution is 2.32. The predicted molar refractivity (Wildman–Crippen MR) is 146 cm³/mol. The molecule has 1 aliphatic carbocycles. The molecule has 5 heteroatoms. The zero-order valence-corrected chi connectivity index (χ0v) is 20.9. The van der Waals surface area contributed by atoms with Gasteiger partial charge in [-0.15, -0.1) is 11.3 Å². The van der Waals surface area contributed by atoms with E-state index in [4.69, 9.17) is 4.98 Å². The molecule has 35 heavy (non-hydrogen) atoms. The summed E-state index contributed by atoms with van der Waals surface area (Å²) in [5.41, 5.74) is 5.97. The van der Waals surface area contributed by atoms with Crippen molar-refractivity contribution in [2.75, 3.05) is 25.0 Å². The Morgan fingerprint density at radius 1 is 1.17 bits per heavy atom. The topological polar surface area (TPSA) is 45.2 Å². The Bertz CT molecular complexity index is 1260. The van der Waals surface area contributed by atoms with E-state index in [0.29, 0.717) is 11.6 Å². The Morgan fingerprint density at radius 2 is 2.00 bits per heavy atom. The first-order valence-electron chi connectivity index (χ1n) is 12.3. The molecule has 1 saturated heterocycles. The van der Waals surface area contributed by atoms with Crippen LogP contribution in [0.25, 0.3) is 11.1 Å². The van der Waals surface area contributed by atoms with Crippen molar-refractivity contribution in [3.05, 3.63) is 106 Å². The summed E-state index contributed by atoms with van der Waals surface area (Å²) >= 11 is 1.62. The molecule has 4 nitrogen and oxygen atoms in total. The third kappa shape index (κ3) is 5.87. The molecule has 0 bridgehead atoms. The van der Waals surface area contributed by atoms with E-state index < -0.39 is 0 Å². The fourth-order valence-electron chi connectivity index (χ4n) is 4.69. The predicted octanol–water partition coefficient (Wildman–Crippen LogP) is 6.99. The van der Waals surface area contributed by atoms with Crippen molar-refractivity contribution in [1.82, 2.24) is 9.88 Å². The molecule has 1 amide bonds. The summed E-state index contributed by atoms with van der Waals surface area (Å²) < 4.78 is 0. The Hall–Kier alpha value is -3.28. The third-order valence-corrected chi connectivity index (χ3v) is 7.70. The SMILES string of the molecule is Cc1ccc(NC(=O)c2csc(C3CCN(C/C=C\C4=CC=CC4)CC3)n2)c(-c2ccccc2)c1. The van der Waals surface area contributed by atoms with Crippen LogP contribution in [0, 0.1) is 6.92 Å². The maximum Gasteiger partial charge on any atom is 0.275 e. The van der Waals surface area contributed by atoms with Crippen LogP contribution < -0.4 is 5.32 Å². The quantitative estimate of drug-likeness (QED) is 0.395. The summed E-state index contributed by atoms with van der Waals surface area (Å²) in [6.45, 7) is 5.20. The summed E-state index contributed by atoms with van der Waals surface area (Å²) in [7, 11) is 0. The van der Waals surface area contributed by atoms with Gasteiger partial charge in [-0.25, -0.2) is 4.98 Å². The van der Waals surface area contributed by atoms with Crippen molar-refractivity contribution in [3.63, 3.8) is 0 Å². The second-order valence-electron chi connectivity index (χ2n) is 9.29. The molecule has 178 valence electrons. The van der Waals surface area contributed by atoms with Crippen LogP contribution in [0.5, 0.6) is 0 Å². The van der Waals surface area contributed by atoms with Crippen LogP contribution >= 0.6 is 11.3 Å². The van der Waals surface area contributed by atoms with Crippen molar-refractivity contribution in [1.29, 1.82) is 0 Å². The van der Waals surface area contributed by atoms with Crippen LogP contribution in [-0.2, 0) is 0 Å². The number of hydrogen-bond acceptors (Lipinski definition) is 4. The molecule has 3 aromatic rings. The van der Waals surface area contributed by atoms with Crippen molar-refractivity contribution in [2.45, 2.75) is 32.1 Å². The number of aryl methyl sites for hydroxylation is 1. The zero-order valence-electron chi connectivity index (χ0n) is 20.1. The lowest BCUT2D eigenvalue weighted by Crippen LogP contribution is -2.33. The van der Waals surface area contributed by atoms with Gasteiger partial charge in [0.15, 0.2) is 0 Å². The molecule has 0 unspecified atom stereocenters. The van der Waals surface area contributed by atoms with Crippen LogP contribution in [0.15, 0.2) is 89.9 Å². The van der Waals surface area contributed by atoms with Gasteiger partial charge in [-0.1, -0.05) is 72.3 Å². The van der Waals surface area contributed by atoms with Gasteiger partial charge in [0.1, 0.15) is 5.69 Å². The second kappa shape index (κ2) is 11.0. The van der Waals surface area contributed by atoms with E-state index in [1.165, 1.54) is 5.57 Å². The van der Waals surface area contributed by atoms with Gasteiger partial charge in [-0.2, -0.15) is 0 Å². The Balaban J connectivity index is 1.19. The van der Waals surface area contributed by atoms with E-state index in [1.807, 2.05) is 35.7 Å². The molecule has 0 radical (unpaired) electrons. The lowest BCUT2D eigenvalue weighted by Gasteiger charge is -2.30. The highest BCUT2D eigenvalue weighted by molar-refractivity contribution is 7.10. The summed E-state index contributed by atoms with van der Waals surface area (Å²) in [4.78, 5) is 20.3. The number of piperidine rings is 1. The minimum atomic E-state index is -0.146. The molecule has 2 heterocycles. The van der Waals surface area contributed by atoms with E-state index in [0.717, 1.165) is 66.3 Å². The van der Waals surface area contributed by atoms with Gasteiger partial charge in [-0.3, -0.25) is 9.69 Å². The first-order valence-corrected chi connectivity index (χ1v) is 13.2. The van der Waals surface area contributed by atoms with Gasteiger partial charge in [0, 0.05) is 29.1 Å². The lowest BCUT2D eigenvalue weighted by atomic mass is 9.97. The number of likely N-dealkylation sites (tertiary alicyclic amines) is 1. The zero-order chi connectivity index (χ0) is 24.0. The summed E-state index contributed by atoms with van der Waals surface area (Å²) in [6.07, 6.45) is 14.2. The fourth-order valence-corrected chi connectivity index (χ4v) is 5.66. The molecule has 1 aromatic heterocycles. The van der Waals surface area contributed by atoms with Gasteiger partial charge in [0.25, 0.3) is 5.91 Å². The molecule has 0 spiro atoms. The number of rotatable bonds is 7. The van der Waals surface area contributed by atoms with Crippen LogP contribution in [-0.4, -0.2) is 35.4 Å². The van der Waals surface area contributed by atoms with E-state index in [-0.39, 0.29) is 5.91 Å². The maximum absolute atomic E-state index is 13.1. The van der Waals surface area contributed by atoms with E-state index in [2.05, 4.69) is 65.7 Å². The Kier molecular flexibility index (Phi) is 7.36. The van der Waals surface area contributed by atoms with Crippen molar-refractivity contribution < 1.29 is 4.79 Å². The van der Waals surface area contributed by atoms with Crippen molar-refractivity contribution in [2.24, 2.45) is 0 Å². The molecule has 1 fully saturated rings. The number of benzene rings is 2. The average molecular weight is 482 g/mol. The highest BCUT2D eigenvalue weighted by Gasteiger charge is 2.24. The van der Waals surface area contributed by atoms with Crippen molar-refractivity contribution >= 4 is 22.9 Å². The van der Waals surface area contributed by atoms with Gasteiger partial charge >= 0.3 is 0 Å². The van der Waals surface area contributed by atoms with E-state index in [9.17, 15) is 4.79 Å². The minimum absolute atomic E-state index is 0.146. The van der Waals surface area contributed by atoms with Crippen LogP contribution in [0.2, 0.25) is 0 Å². The maximum atomic E-state index is 13.1. The number of nitrogens with zero attached hydrogens (tertiary/aromatic N) is 2. The molecule has 5 rings (SSSR count). The van der Waals surface area contributed by atoms with Gasteiger partial charge in [-0.05, 0) is 62.5 Å². The smallest absolute Gasteiger partial charge is 0.275 e. The number of carbonyl (C=O) groups is 1. The molecule has 2 aromatic carbocycles. The van der Waals surface area contributed by atoms with Crippen LogP contribution in [0.1, 0.15) is 46.2 Å². The number of aromatic nitrogens is 1. The fraction of sp³-hybridized carbons (Fsp3) is 0.267. The molecule has 0 saturated carbocycles. The second-order valence-corrected chi connectivity index (χ2v) is 10.2. The van der Waals surface area contributed by atoms with Crippen LogP contribution in [0.3, 0.4) is 0 Å². The van der Waals surface area contributed by atoms with Gasteiger partial charge < -0.3 is 5.32 Å². The third-order valence-electron chi connectivity index (χ3n) is 6.69.